The summed E-state index contributed by atoms with van der Waals surface area (Å²) in [6, 6.07) is 5.58. The van der Waals surface area contributed by atoms with Gasteiger partial charge < -0.3 is 15.2 Å². The molecule has 0 saturated carbocycles. The van der Waals surface area contributed by atoms with E-state index in [1.54, 1.807) is 19.9 Å². The molecule has 0 radical (unpaired) electrons. The number of amides is 1. The Morgan fingerprint density at radius 1 is 1.53 bits per heavy atom. The highest BCUT2D eigenvalue weighted by Gasteiger charge is 2.14. The predicted octanol–water partition coefficient (Wildman–Crippen LogP) is 1.09. The number of benzene rings is 1. The molecule has 1 unspecified atom stereocenters. The first-order valence-corrected chi connectivity index (χ1v) is 5.37. The SMILES string of the molecule is CC(Oc1cccc(F)c1)C(=O)NC[C@H](C)O. The lowest BCUT2D eigenvalue weighted by molar-refractivity contribution is -0.127. The molecule has 0 aliphatic rings. The van der Waals surface area contributed by atoms with E-state index in [9.17, 15) is 9.18 Å². The van der Waals surface area contributed by atoms with Crippen molar-refractivity contribution in [2.24, 2.45) is 0 Å². The van der Waals surface area contributed by atoms with Gasteiger partial charge in [-0.25, -0.2) is 4.39 Å². The van der Waals surface area contributed by atoms with Crippen molar-refractivity contribution in [1.29, 1.82) is 0 Å². The molecule has 0 fully saturated rings. The normalized spacial score (nSPS) is 13.9. The maximum Gasteiger partial charge on any atom is 0.260 e. The molecule has 4 nitrogen and oxygen atoms in total. The van der Waals surface area contributed by atoms with Gasteiger partial charge in [0, 0.05) is 12.6 Å². The molecule has 94 valence electrons. The van der Waals surface area contributed by atoms with Crippen LogP contribution in [0.1, 0.15) is 13.8 Å². The minimum absolute atomic E-state index is 0.162. The Labute approximate surface area is 99.4 Å². The molecule has 2 atom stereocenters. The third-order valence-electron chi connectivity index (χ3n) is 2.05. The Balaban J connectivity index is 2.48. The van der Waals surface area contributed by atoms with Crippen molar-refractivity contribution in [2.45, 2.75) is 26.1 Å². The lowest BCUT2D eigenvalue weighted by Gasteiger charge is -2.15. The summed E-state index contributed by atoms with van der Waals surface area (Å²) < 4.78 is 18.1. The van der Waals surface area contributed by atoms with E-state index in [2.05, 4.69) is 5.32 Å². The summed E-state index contributed by atoms with van der Waals surface area (Å²) in [6.45, 7) is 3.29. The molecule has 0 bridgehead atoms. The number of nitrogens with one attached hydrogen (secondary N) is 1. The van der Waals surface area contributed by atoms with Crippen LogP contribution in [0.2, 0.25) is 0 Å². The van der Waals surface area contributed by atoms with E-state index >= 15 is 0 Å². The number of ether oxygens (including phenoxy) is 1. The molecular formula is C12H16FNO3. The van der Waals surface area contributed by atoms with Crippen molar-refractivity contribution in [3.8, 4) is 5.75 Å². The Bertz CT molecular complexity index is 382. The van der Waals surface area contributed by atoms with Crippen molar-refractivity contribution in [1.82, 2.24) is 5.32 Å². The van der Waals surface area contributed by atoms with Crippen molar-refractivity contribution < 1.29 is 19.0 Å². The number of hydrogen-bond donors (Lipinski definition) is 2. The maximum absolute atomic E-state index is 12.9. The molecule has 1 aromatic rings. The van der Waals surface area contributed by atoms with Gasteiger partial charge in [0.05, 0.1) is 6.10 Å². The standard InChI is InChI=1S/C12H16FNO3/c1-8(15)7-14-12(16)9(2)17-11-5-3-4-10(13)6-11/h3-6,8-9,15H,7H2,1-2H3,(H,14,16)/t8-,9?/m0/s1. The number of aliphatic hydroxyl groups is 1. The minimum atomic E-state index is -0.740. The second kappa shape index (κ2) is 6.20. The topological polar surface area (TPSA) is 58.6 Å². The molecule has 0 aliphatic heterocycles. The smallest absolute Gasteiger partial charge is 0.260 e. The summed E-state index contributed by atoms with van der Waals surface area (Å²) >= 11 is 0. The molecule has 0 aromatic heterocycles. The Hall–Kier alpha value is -1.62. The van der Waals surface area contributed by atoms with Crippen LogP contribution >= 0.6 is 0 Å². The third kappa shape index (κ3) is 4.82. The molecule has 1 aromatic carbocycles. The van der Waals surface area contributed by atoms with Crippen molar-refractivity contribution in [3.63, 3.8) is 0 Å². The van der Waals surface area contributed by atoms with E-state index in [0.29, 0.717) is 5.75 Å². The maximum atomic E-state index is 12.9. The average Bonchev–Trinajstić information content (AvgIpc) is 2.25. The molecule has 1 amide bonds. The highest BCUT2D eigenvalue weighted by molar-refractivity contribution is 5.80. The van der Waals surface area contributed by atoms with Gasteiger partial charge in [-0.15, -0.1) is 0 Å². The monoisotopic (exact) mass is 241 g/mol. The molecule has 0 aliphatic carbocycles. The molecular weight excluding hydrogens is 225 g/mol. The van der Waals surface area contributed by atoms with E-state index < -0.39 is 18.0 Å². The number of halogens is 1. The van der Waals surface area contributed by atoms with Crippen LogP contribution in [0.3, 0.4) is 0 Å². The first-order valence-electron chi connectivity index (χ1n) is 5.37. The average molecular weight is 241 g/mol. The van der Waals surface area contributed by atoms with Gasteiger partial charge in [-0.3, -0.25) is 4.79 Å². The van der Waals surface area contributed by atoms with E-state index in [-0.39, 0.29) is 12.5 Å². The number of aliphatic hydroxyl groups excluding tert-OH is 1. The fourth-order valence-electron chi connectivity index (χ4n) is 1.19. The van der Waals surface area contributed by atoms with Gasteiger partial charge in [-0.1, -0.05) is 6.07 Å². The molecule has 1 rings (SSSR count). The van der Waals surface area contributed by atoms with Crippen LogP contribution in [0.4, 0.5) is 4.39 Å². The third-order valence-corrected chi connectivity index (χ3v) is 2.05. The van der Waals surface area contributed by atoms with E-state index in [0.717, 1.165) is 0 Å². The zero-order chi connectivity index (χ0) is 12.8. The van der Waals surface area contributed by atoms with Gasteiger partial charge in [0.2, 0.25) is 0 Å². The van der Waals surface area contributed by atoms with Crippen molar-refractivity contribution in [3.05, 3.63) is 30.1 Å². The Morgan fingerprint density at radius 3 is 2.82 bits per heavy atom. The lowest BCUT2D eigenvalue weighted by Crippen LogP contribution is -2.39. The second-order valence-corrected chi connectivity index (χ2v) is 3.81. The zero-order valence-corrected chi connectivity index (χ0v) is 9.81. The van der Waals surface area contributed by atoms with Gasteiger partial charge in [-0.2, -0.15) is 0 Å². The number of carbonyl (C=O) groups is 1. The summed E-state index contributed by atoms with van der Waals surface area (Å²) in [4.78, 5) is 11.5. The first-order chi connectivity index (χ1) is 7.99. The van der Waals surface area contributed by atoms with Gasteiger partial charge in [0.1, 0.15) is 11.6 Å². The fraction of sp³-hybridized carbons (Fsp3) is 0.417. The van der Waals surface area contributed by atoms with Crippen LogP contribution in [0, 0.1) is 5.82 Å². The quantitative estimate of drug-likeness (QED) is 0.811. The fourth-order valence-corrected chi connectivity index (χ4v) is 1.19. The molecule has 2 N–H and O–H groups in total. The number of rotatable bonds is 5. The first kappa shape index (κ1) is 13.4. The highest BCUT2D eigenvalue weighted by atomic mass is 19.1. The molecule has 0 spiro atoms. The molecule has 0 saturated heterocycles. The van der Waals surface area contributed by atoms with Crippen LogP contribution in [-0.4, -0.2) is 29.8 Å². The predicted molar refractivity (Wildman–Crippen MR) is 61.2 cm³/mol. The summed E-state index contributed by atoms with van der Waals surface area (Å²) in [5, 5.41) is 11.5. The van der Waals surface area contributed by atoms with Crippen LogP contribution in [0.25, 0.3) is 0 Å². The summed E-state index contributed by atoms with van der Waals surface area (Å²) in [5.41, 5.74) is 0. The van der Waals surface area contributed by atoms with Crippen LogP contribution in [-0.2, 0) is 4.79 Å². The largest absolute Gasteiger partial charge is 0.481 e. The van der Waals surface area contributed by atoms with Gasteiger partial charge in [0.25, 0.3) is 5.91 Å². The number of hydrogen-bond acceptors (Lipinski definition) is 3. The van der Waals surface area contributed by atoms with Crippen LogP contribution < -0.4 is 10.1 Å². The minimum Gasteiger partial charge on any atom is -0.481 e. The Kier molecular flexibility index (Phi) is 4.90. The number of carbonyl (C=O) groups excluding carboxylic acids is 1. The molecule has 5 heteroatoms. The van der Waals surface area contributed by atoms with Crippen LogP contribution in [0.5, 0.6) is 5.75 Å². The van der Waals surface area contributed by atoms with Crippen molar-refractivity contribution >= 4 is 5.91 Å². The summed E-state index contributed by atoms with van der Waals surface area (Å²) in [7, 11) is 0. The summed E-state index contributed by atoms with van der Waals surface area (Å²) in [6.07, 6.45) is -1.35. The van der Waals surface area contributed by atoms with E-state index in [1.165, 1.54) is 18.2 Å². The second-order valence-electron chi connectivity index (χ2n) is 3.81. The van der Waals surface area contributed by atoms with E-state index in [1.807, 2.05) is 0 Å². The molecule has 0 heterocycles. The van der Waals surface area contributed by atoms with Gasteiger partial charge >= 0.3 is 0 Å². The Morgan fingerprint density at radius 2 is 2.24 bits per heavy atom. The van der Waals surface area contributed by atoms with Gasteiger partial charge in [-0.05, 0) is 26.0 Å². The zero-order valence-electron chi connectivity index (χ0n) is 9.81. The highest BCUT2D eigenvalue weighted by Crippen LogP contribution is 2.13. The molecule has 17 heavy (non-hydrogen) atoms. The van der Waals surface area contributed by atoms with Crippen molar-refractivity contribution in [2.75, 3.05) is 6.54 Å². The lowest BCUT2D eigenvalue weighted by atomic mass is 10.3. The summed E-state index contributed by atoms with van der Waals surface area (Å²) in [5.74, 6) is -0.473. The van der Waals surface area contributed by atoms with Gasteiger partial charge in [0.15, 0.2) is 6.10 Å². The van der Waals surface area contributed by atoms with Crippen LogP contribution in [0.15, 0.2) is 24.3 Å². The van der Waals surface area contributed by atoms with E-state index in [4.69, 9.17) is 9.84 Å².